The second-order valence-electron chi connectivity index (χ2n) is 8.93. The molecule has 3 amide bonds. The van der Waals surface area contributed by atoms with Gasteiger partial charge in [-0.3, -0.25) is 9.69 Å². The van der Waals surface area contributed by atoms with Gasteiger partial charge in [0.2, 0.25) is 0 Å². The van der Waals surface area contributed by atoms with Crippen LogP contribution in [0, 0.1) is 11.8 Å². The summed E-state index contributed by atoms with van der Waals surface area (Å²) >= 11 is 0. The Morgan fingerprint density at radius 2 is 1.81 bits per heavy atom. The number of hydrogen-bond acceptors (Lipinski definition) is 3. The first-order chi connectivity index (χ1) is 12.3. The number of imide groups is 1. The van der Waals surface area contributed by atoms with Crippen LogP contribution in [0.3, 0.4) is 0 Å². The van der Waals surface area contributed by atoms with E-state index in [1.165, 1.54) is 10.5 Å². The maximum Gasteiger partial charge on any atom is 0.325 e. The highest BCUT2D eigenvalue weighted by Gasteiger charge is 2.65. The largest absolute Gasteiger partial charge is 0.492 e. The third-order valence-electron chi connectivity index (χ3n) is 5.88. The van der Waals surface area contributed by atoms with Crippen molar-refractivity contribution in [2.24, 2.45) is 11.8 Å². The average Bonchev–Trinajstić information content (AvgIpc) is 3.47. The van der Waals surface area contributed by atoms with E-state index in [-0.39, 0.29) is 17.4 Å². The van der Waals surface area contributed by atoms with Crippen molar-refractivity contribution in [3.05, 3.63) is 29.8 Å². The van der Waals surface area contributed by atoms with Gasteiger partial charge in [-0.1, -0.05) is 32.9 Å². The molecule has 1 aromatic rings. The molecule has 1 heterocycles. The molecule has 3 aliphatic rings. The zero-order chi connectivity index (χ0) is 18.5. The molecule has 1 aliphatic heterocycles. The van der Waals surface area contributed by atoms with Crippen molar-refractivity contribution in [3.63, 3.8) is 0 Å². The minimum atomic E-state index is -0.608. The smallest absolute Gasteiger partial charge is 0.325 e. The second kappa shape index (κ2) is 6.00. The van der Waals surface area contributed by atoms with Crippen LogP contribution < -0.4 is 10.1 Å². The molecule has 2 aliphatic carbocycles. The molecule has 1 aromatic carbocycles. The molecule has 5 heteroatoms. The van der Waals surface area contributed by atoms with Gasteiger partial charge in [0.15, 0.2) is 0 Å². The fourth-order valence-electron chi connectivity index (χ4n) is 4.09. The van der Waals surface area contributed by atoms with Crippen molar-refractivity contribution >= 4 is 11.9 Å². The molecule has 1 saturated heterocycles. The standard InChI is InChI=1S/C21H28N2O3/c1-20(2,3)16-5-4-6-17(13-16)26-12-11-23-18(24)21(14-7-8-14,15-9-10-15)22-19(23)25/h4-6,13-15H,7-12H2,1-3H3,(H,22,25). The van der Waals surface area contributed by atoms with Gasteiger partial charge >= 0.3 is 6.03 Å². The first-order valence-corrected chi connectivity index (χ1v) is 9.70. The van der Waals surface area contributed by atoms with Crippen molar-refractivity contribution in [1.82, 2.24) is 10.2 Å². The van der Waals surface area contributed by atoms with Crippen LogP contribution in [-0.2, 0) is 10.2 Å². The van der Waals surface area contributed by atoms with Crippen LogP contribution in [0.4, 0.5) is 4.79 Å². The Balaban J connectivity index is 1.39. The summed E-state index contributed by atoms with van der Waals surface area (Å²) in [6.07, 6.45) is 4.19. The van der Waals surface area contributed by atoms with Crippen LogP contribution in [0.15, 0.2) is 24.3 Å². The van der Waals surface area contributed by atoms with E-state index in [1.54, 1.807) is 0 Å². The van der Waals surface area contributed by atoms with Gasteiger partial charge in [0, 0.05) is 0 Å². The predicted octanol–water partition coefficient (Wildman–Crippen LogP) is 3.47. The third-order valence-corrected chi connectivity index (χ3v) is 5.88. The fourth-order valence-corrected chi connectivity index (χ4v) is 4.09. The number of benzene rings is 1. The lowest BCUT2D eigenvalue weighted by molar-refractivity contribution is -0.133. The maximum atomic E-state index is 13.0. The topological polar surface area (TPSA) is 58.6 Å². The summed E-state index contributed by atoms with van der Waals surface area (Å²) in [5.41, 5.74) is 0.646. The Morgan fingerprint density at radius 3 is 2.38 bits per heavy atom. The zero-order valence-electron chi connectivity index (χ0n) is 15.9. The Labute approximate surface area is 155 Å². The Morgan fingerprint density at radius 1 is 1.15 bits per heavy atom. The number of nitrogens with one attached hydrogen (secondary N) is 1. The molecule has 0 unspecified atom stereocenters. The lowest BCUT2D eigenvalue weighted by atomic mass is 9.87. The van der Waals surface area contributed by atoms with E-state index in [2.05, 4.69) is 32.2 Å². The highest BCUT2D eigenvalue weighted by atomic mass is 16.5. The summed E-state index contributed by atoms with van der Waals surface area (Å²) in [6.45, 7) is 7.10. The maximum absolute atomic E-state index is 13.0. The number of nitrogens with zero attached hydrogens (tertiary/aromatic N) is 1. The van der Waals surface area contributed by atoms with Crippen LogP contribution in [0.2, 0.25) is 0 Å². The number of amides is 3. The van der Waals surface area contributed by atoms with Gasteiger partial charge in [-0.25, -0.2) is 4.79 Å². The Bertz CT molecular complexity index is 717. The molecule has 0 spiro atoms. The van der Waals surface area contributed by atoms with E-state index in [1.807, 2.05) is 18.2 Å². The van der Waals surface area contributed by atoms with Crippen molar-refractivity contribution in [2.45, 2.75) is 57.4 Å². The molecule has 2 saturated carbocycles. The minimum Gasteiger partial charge on any atom is -0.492 e. The van der Waals surface area contributed by atoms with E-state index >= 15 is 0 Å². The van der Waals surface area contributed by atoms with Crippen molar-refractivity contribution in [1.29, 1.82) is 0 Å². The van der Waals surface area contributed by atoms with Crippen LogP contribution in [0.5, 0.6) is 5.75 Å². The summed E-state index contributed by atoms with van der Waals surface area (Å²) in [6, 6.07) is 7.77. The van der Waals surface area contributed by atoms with E-state index in [4.69, 9.17) is 4.74 Å². The van der Waals surface area contributed by atoms with Crippen LogP contribution in [0.1, 0.15) is 52.0 Å². The second-order valence-corrected chi connectivity index (χ2v) is 8.93. The molecule has 0 atom stereocenters. The van der Waals surface area contributed by atoms with Gasteiger partial charge in [-0.15, -0.1) is 0 Å². The summed E-state index contributed by atoms with van der Waals surface area (Å²) in [5, 5.41) is 3.05. The SMILES string of the molecule is CC(C)(C)c1cccc(OCCN2C(=O)NC(C3CC3)(C3CC3)C2=O)c1. The number of carbonyl (C=O) groups excluding carboxylic acids is 2. The minimum absolute atomic E-state index is 0.0282. The first-order valence-electron chi connectivity index (χ1n) is 9.70. The first kappa shape index (κ1) is 17.4. The number of carbonyl (C=O) groups is 2. The number of urea groups is 1. The summed E-state index contributed by atoms with van der Waals surface area (Å²) < 4.78 is 5.85. The van der Waals surface area contributed by atoms with Crippen LogP contribution in [0.25, 0.3) is 0 Å². The average molecular weight is 356 g/mol. The summed E-state index contributed by atoms with van der Waals surface area (Å²) in [4.78, 5) is 26.8. The summed E-state index contributed by atoms with van der Waals surface area (Å²) in [5.74, 6) is 1.42. The Kier molecular flexibility index (Phi) is 4.01. The molecule has 5 nitrogen and oxygen atoms in total. The molecule has 0 radical (unpaired) electrons. The van der Waals surface area contributed by atoms with Gasteiger partial charge < -0.3 is 10.1 Å². The third kappa shape index (κ3) is 2.97. The fraction of sp³-hybridized carbons (Fsp3) is 0.619. The predicted molar refractivity (Wildman–Crippen MR) is 99.1 cm³/mol. The van der Waals surface area contributed by atoms with E-state index < -0.39 is 5.54 Å². The lowest BCUT2D eigenvalue weighted by Gasteiger charge is -2.26. The number of rotatable bonds is 6. The van der Waals surface area contributed by atoms with E-state index in [9.17, 15) is 9.59 Å². The molecule has 4 rings (SSSR count). The molecular weight excluding hydrogens is 328 g/mol. The molecule has 0 aromatic heterocycles. The Hall–Kier alpha value is -2.04. The van der Waals surface area contributed by atoms with Gasteiger partial charge in [-0.2, -0.15) is 0 Å². The van der Waals surface area contributed by atoms with Crippen LogP contribution >= 0.6 is 0 Å². The zero-order valence-corrected chi connectivity index (χ0v) is 15.9. The van der Waals surface area contributed by atoms with Gasteiger partial charge in [-0.05, 0) is 60.6 Å². The van der Waals surface area contributed by atoms with Gasteiger partial charge in [0.05, 0.1) is 6.54 Å². The molecule has 26 heavy (non-hydrogen) atoms. The lowest BCUT2D eigenvalue weighted by Crippen LogP contribution is -2.51. The van der Waals surface area contributed by atoms with Crippen molar-refractivity contribution in [2.75, 3.05) is 13.2 Å². The molecule has 3 fully saturated rings. The molecule has 140 valence electrons. The van der Waals surface area contributed by atoms with E-state index in [0.717, 1.165) is 31.4 Å². The highest BCUT2D eigenvalue weighted by Crippen LogP contribution is 2.54. The molecular formula is C21H28N2O3. The van der Waals surface area contributed by atoms with Gasteiger partial charge in [0.25, 0.3) is 5.91 Å². The molecule has 1 N–H and O–H groups in total. The summed E-state index contributed by atoms with van der Waals surface area (Å²) in [7, 11) is 0. The monoisotopic (exact) mass is 356 g/mol. The number of ether oxygens (including phenoxy) is 1. The van der Waals surface area contributed by atoms with E-state index in [0.29, 0.717) is 25.0 Å². The highest BCUT2D eigenvalue weighted by molar-refractivity contribution is 6.08. The molecule has 0 bridgehead atoms. The van der Waals surface area contributed by atoms with Crippen molar-refractivity contribution in [3.8, 4) is 5.75 Å². The number of hydrogen-bond donors (Lipinski definition) is 1. The quantitative estimate of drug-likeness (QED) is 0.794. The van der Waals surface area contributed by atoms with Crippen molar-refractivity contribution < 1.29 is 14.3 Å². The van der Waals surface area contributed by atoms with Crippen LogP contribution in [-0.4, -0.2) is 35.5 Å². The normalized spacial score (nSPS) is 22.5. The van der Waals surface area contributed by atoms with Gasteiger partial charge in [0.1, 0.15) is 17.9 Å².